The van der Waals surface area contributed by atoms with Crippen molar-refractivity contribution < 1.29 is 9.15 Å². The molecule has 0 aliphatic rings. The summed E-state index contributed by atoms with van der Waals surface area (Å²) in [5, 5.41) is 8.01. The van der Waals surface area contributed by atoms with Gasteiger partial charge in [0.1, 0.15) is 5.75 Å². The molecule has 3 rings (SSSR count). The Labute approximate surface area is 117 Å². The molecule has 0 amide bonds. The quantitative estimate of drug-likeness (QED) is 0.711. The van der Waals surface area contributed by atoms with Crippen LogP contribution in [0.5, 0.6) is 5.75 Å². The van der Waals surface area contributed by atoms with Gasteiger partial charge in [-0.25, -0.2) is 0 Å². The highest BCUT2D eigenvalue weighted by Gasteiger charge is 2.07. The van der Waals surface area contributed by atoms with E-state index in [0.29, 0.717) is 18.2 Å². The van der Waals surface area contributed by atoms with E-state index >= 15 is 0 Å². The maximum Gasteiger partial charge on any atom is 0.253 e. The van der Waals surface area contributed by atoms with Gasteiger partial charge in [0.05, 0.1) is 6.42 Å². The van der Waals surface area contributed by atoms with Gasteiger partial charge in [0, 0.05) is 0 Å². The second-order valence-corrected chi connectivity index (χ2v) is 4.35. The summed E-state index contributed by atoms with van der Waals surface area (Å²) in [7, 11) is 0. The molecule has 2 aromatic carbocycles. The lowest BCUT2D eigenvalue weighted by Gasteiger charge is -2.01. The zero-order chi connectivity index (χ0) is 13.6. The van der Waals surface area contributed by atoms with Gasteiger partial charge in [0.25, 0.3) is 5.89 Å². The third-order valence-electron chi connectivity index (χ3n) is 2.81. The first-order chi connectivity index (χ1) is 9.90. The molecule has 0 spiro atoms. The van der Waals surface area contributed by atoms with Gasteiger partial charge >= 0.3 is 0 Å². The Balaban J connectivity index is 1.60. The molecule has 0 aliphatic heterocycles. The van der Waals surface area contributed by atoms with Crippen LogP contribution in [-0.2, 0) is 13.0 Å². The van der Waals surface area contributed by atoms with E-state index in [0.717, 1.165) is 11.3 Å². The Morgan fingerprint density at radius 3 is 2.20 bits per heavy atom. The topological polar surface area (TPSA) is 48.2 Å². The third-order valence-corrected chi connectivity index (χ3v) is 2.81. The van der Waals surface area contributed by atoms with Crippen LogP contribution in [0.4, 0.5) is 0 Å². The van der Waals surface area contributed by atoms with Crippen molar-refractivity contribution in [3.8, 4) is 5.75 Å². The number of hydrogen-bond acceptors (Lipinski definition) is 4. The van der Waals surface area contributed by atoms with Crippen LogP contribution in [0.3, 0.4) is 0 Å². The molecule has 0 N–H and O–H groups in total. The molecule has 0 radical (unpaired) electrons. The Morgan fingerprint density at radius 1 is 0.800 bits per heavy atom. The first kappa shape index (κ1) is 12.4. The summed E-state index contributed by atoms with van der Waals surface area (Å²) in [6.45, 7) is 0.284. The first-order valence-corrected chi connectivity index (χ1v) is 6.43. The van der Waals surface area contributed by atoms with Crippen molar-refractivity contribution in [3.05, 3.63) is 78.0 Å². The van der Waals surface area contributed by atoms with E-state index < -0.39 is 0 Å². The number of para-hydroxylation sites is 1. The van der Waals surface area contributed by atoms with Crippen molar-refractivity contribution >= 4 is 0 Å². The monoisotopic (exact) mass is 266 g/mol. The van der Waals surface area contributed by atoms with Gasteiger partial charge in [0.2, 0.25) is 5.89 Å². The third kappa shape index (κ3) is 3.23. The number of nitrogens with zero attached hydrogens (tertiary/aromatic N) is 2. The lowest BCUT2D eigenvalue weighted by atomic mass is 10.2. The zero-order valence-electron chi connectivity index (χ0n) is 10.9. The highest BCUT2D eigenvalue weighted by Crippen LogP contribution is 2.12. The van der Waals surface area contributed by atoms with Gasteiger partial charge < -0.3 is 9.15 Å². The second-order valence-electron chi connectivity index (χ2n) is 4.35. The largest absolute Gasteiger partial charge is 0.484 e. The maximum atomic E-state index is 5.56. The zero-order valence-corrected chi connectivity index (χ0v) is 10.9. The summed E-state index contributed by atoms with van der Waals surface area (Å²) in [6, 6.07) is 19.6. The maximum absolute atomic E-state index is 5.56. The summed E-state index contributed by atoms with van der Waals surface area (Å²) < 4.78 is 11.1. The van der Waals surface area contributed by atoms with Crippen molar-refractivity contribution in [1.82, 2.24) is 10.2 Å². The molecular weight excluding hydrogens is 252 g/mol. The summed E-state index contributed by atoms with van der Waals surface area (Å²) in [6.07, 6.45) is 0.638. The average Bonchev–Trinajstić information content (AvgIpc) is 2.95. The Kier molecular flexibility index (Phi) is 3.73. The molecule has 1 heterocycles. The molecule has 100 valence electrons. The Morgan fingerprint density at radius 2 is 1.45 bits per heavy atom. The van der Waals surface area contributed by atoms with Gasteiger partial charge in [-0.15, -0.1) is 10.2 Å². The predicted molar refractivity (Wildman–Crippen MR) is 74.3 cm³/mol. The molecule has 1 aromatic heterocycles. The lowest BCUT2D eigenvalue weighted by Crippen LogP contribution is -1.95. The van der Waals surface area contributed by atoms with Crippen LogP contribution in [0.15, 0.2) is 65.1 Å². The minimum Gasteiger partial charge on any atom is -0.484 e. The average molecular weight is 266 g/mol. The second kappa shape index (κ2) is 6.02. The minimum atomic E-state index is 0.284. The number of hydrogen-bond donors (Lipinski definition) is 0. The fourth-order valence-corrected chi connectivity index (χ4v) is 1.85. The van der Waals surface area contributed by atoms with Gasteiger partial charge in [-0.2, -0.15) is 0 Å². The first-order valence-electron chi connectivity index (χ1n) is 6.43. The number of ether oxygens (including phenoxy) is 1. The highest BCUT2D eigenvalue weighted by atomic mass is 16.5. The standard InChI is InChI=1S/C16H14N2O2/c1-3-7-13(8-4-1)11-15-17-18-16(20-15)12-19-14-9-5-2-6-10-14/h1-10H,11-12H2. The molecule has 4 heteroatoms. The number of benzene rings is 2. The van der Waals surface area contributed by atoms with Crippen LogP contribution in [0.25, 0.3) is 0 Å². The van der Waals surface area contributed by atoms with Gasteiger partial charge in [0.15, 0.2) is 6.61 Å². The van der Waals surface area contributed by atoms with E-state index in [4.69, 9.17) is 9.15 Å². The molecular formula is C16H14N2O2. The van der Waals surface area contributed by atoms with Crippen LogP contribution >= 0.6 is 0 Å². The van der Waals surface area contributed by atoms with Crippen molar-refractivity contribution in [2.45, 2.75) is 13.0 Å². The van der Waals surface area contributed by atoms with Crippen LogP contribution < -0.4 is 4.74 Å². The molecule has 20 heavy (non-hydrogen) atoms. The minimum absolute atomic E-state index is 0.284. The SMILES string of the molecule is c1ccc(Cc2nnc(COc3ccccc3)o2)cc1. The molecule has 0 saturated heterocycles. The molecule has 0 bridgehead atoms. The molecule has 4 nitrogen and oxygen atoms in total. The van der Waals surface area contributed by atoms with Gasteiger partial charge in [-0.1, -0.05) is 48.5 Å². The van der Waals surface area contributed by atoms with E-state index in [9.17, 15) is 0 Å². The normalized spacial score (nSPS) is 10.4. The van der Waals surface area contributed by atoms with Crippen molar-refractivity contribution in [1.29, 1.82) is 0 Å². The van der Waals surface area contributed by atoms with Crippen molar-refractivity contribution in [2.75, 3.05) is 0 Å². The van der Waals surface area contributed by atoms with Crippen LogP contribution in [0, 0.1) is 0 Å². The van der Waals surface area contributed by atoms with Crippen molar-refractivity contribution in [2.24, 2.45) is 0 Å². The molecule has 0 unspecified atom stereocenters. The van der Waals surface area contributed by atoms with Crippen molar-refractivity contribution in [3.63, 3.8) is 0 Å². The number of aromatic nitrogens is 2. The summed E-state index contributed by atoms with van der Waals surface area (Å²) >= 11 is 0. The molecule has 3 aromatic rings. The highest BCUT2D eigenvalue weighted by molar-refractivity contribution is 5.21. The molecule has 0 saturated carbocycles. The molecule has 0 fully saturated rings. The van der Waals surface area contributed by atoms with Crippen LogP contribution in [0.1, 0.15) is 17.3 Å². The van der Waals surface area contributed by atoms with Crippen LogP contribution in [0.2, 0.25) is 0 Å². The molecule has 0 aliphatic carbocycles. The predicted octanol–water partition coefficient (Wildman–Crippen LogP) is 3.24. The summed E-state index contributed by atoms with van der Waals surface area (Å²) in [4.78, 5) is 0. The van der Waals surface area contributed by atoms with Gasteiger partial charge in [-0.3, -0.25) is 0 Å². The van der Waals surface area contributed by atoms with Crippen LogP contribution in [-0.4, -0.2) is 10.2 Å². The Hall–Kier alpha value is -2.62. The summed E-state index contributed by atoms with van der Waals surface area (Å²) in [5.74, 6) is 1.87. The number of rotatable bonds is 5. The van der Waals surface area contributed by atoms with E-state index in [1.165, 1.54) is 0 Å². The van der Waals surface area contributed by atoms with E-state index in [1.807, 2.05) is 60.7 Å². The molecule has 0 atom stereocenters. The fraction of sp³-hybridized carbons (Fsp3) is 0.125. The van der Waals surface area contributed by atoms with Gasteiger partial charge in [-0.05, 0) is 17.7 Å². The van der Waals surface area contributed by atoms with E-state index in [2.05, 4.69) is 10.2 Å². The fourth-order valence-electron chi connectivity index (χ4n) is 1.85. The van der Waals surface area contributed by atoms with E-state index in [1.54, 1.807) is 0 Å². The summed E-state index contributed by atoms with van der Waals surface area (Å²) in [5.41, 5.74) is 1.15. The lowest BCUT2D eigenvalue weighted by molar-refractivity contribution is 0.259. The smallest absolute Gasteiger partial charge is 0.253 e. The Bertz CT molecular complexity index is 651. The van der Waals surface area contributed by atoms with E-state index in [-0.39, 0.29) is 6.61 Å².